The average molecular weight is 355 g/mol. The number of hydrogen-bond donors (Lipinski definition) is 0. The van der Waals surface area contributed by atoms with Crippen molar-refractivity contribution >= 4 is 24.7 Å². The van der Waals surface area contributed by atoms with Gasteiger partial charge in [0.05, 0.1) is 0 Å². The van der Waals surface area contributed by atoms with E-state index in [-0.39, 0.29) is 18.3 Å². The van der Waals surface area contributed by atoms with Crippen molar-refractivity contribution in [3.63, 3.8) is 0 Å². The molecule has 0 bridgehead atoms. The maximum Gasteiger partial charge on any atom is 0.502 e. The highest BCUT2D eigenvalue weighted by atomic mass is 79.9. The molecule has 0 aromatic rings. The van der Waals surface area contributed by atoms with Crippen LogP contribution in [0.5, 0.6) is 0 Å². The summed E-state index contributed by atoms with van der Waals surface area (Å²) in [5.74, 6) is 0. The molecule has 0 aromatic carbocycles. The minimum absolute atomic E-state index is 0.179. The van der Waals surface area contributed by atoms with E-state index in [1.165, 1.54) is 0 Å². The lowest BCUT2D eigenvalue weighted by atomic mass is 10.3. The monoisotopic (exact) mass is 354 g/mol. The number of hydrogen-bond acceptors (Lipinski definition) is 3. The van der Waals surface area contributed by atoms with Gasteiger partial charge in [0.15, 0.2) is 0 Å². The van der Waals surface area contributed by atoms with Crippen molar-refractivity contribution in [3.05, 3.63) is 0 Å². The Bertz CT molecular complexity index is 197. The van der Waals surface area contributed by atoms with Crippen molar-refractivity contribution < 1.29 is 13.3 Å². The first kappa shape index (κ1) is 19.6. The molecule has 3 atom stereocenters. The lowest BCUT2D eigenvalue weighted by Gasteiger charge is -2.35. The maximum absolute atomic E-state index is 6.24. The van der Waals surface area contributed by atoms with Crippen LogP contribution in [-0.4, -0.2) is 32.4 Å². The first-order chi connectivity index (χ1) is 8.92. The zero-order valence-corrected chi connectivity index (χ0v) is 16.0. The molecule has 0 aromatic heterocycles. The van der Waals surface area contributed by atoms with Crippen LogP contribution in [0.3, 0.4) is 0 Å². The largest absolute Gasteiger partial charge is 0.502 e. The molecule has 0 saturated heterocycles. The molecule has 0 amide bonds. The third-order valence-electron chi connectivity index (χ3n) is 3.27. The van der Waals surface area contributed by atoms with Crippen molar-refractivity contribution in [2.75, 3.05) is 5.33 Å². The summed E-state index contributed by atoms with van der Waals surface area (Å²) in [6.07, 6.45) is 3.47. The van der Waals surface area contributed by atoms with E-state index >= 15 is 0 Å². The Morgan fingerprint density at radius 2 is 1.11 bits per heavy atom. The number of alkyl halides is 1. The summed E-state index contributed by atoms with van der Waals surface area (Å²) in [5, 5.41) is 0.850. The Morgan fingerprint density at radius 3 is 1.32 bits per heavy atom. The van der Waals surface area contributed by atoms with Gasteiger partial charge in [0.1, 0.15) is 0 Å². The smallest absolute Gasteiger partial charge is 0.371 e. The van der Waals surface area contributed by atoms with Gasteiger partial charge < -0.3 is 13.3 Å². The summed E-state index contributed by atoms with van der Waals surface area (Å²) in [7, 11) is -2.59. The molecule has 0 aliphatic rings. The predicted octanol–water partition coefficient (Wildman–Crippen LogP) is 4.77. The zero-order valence-electron chi connectivity index (χ0n) is 13.4. The van der Waals surface area contributed by atoms with E-state index in [4.69, 9.17) is 13.3 Å². The summed E-state index contributed by atoms with van der Waals surface area (Å²) >= 11 is 3.52. The molecule has 0 saturated carbocycles. The second-order valence-corrected chi connectivity index (χ2v) is 8.50. The quantitative estimate of drug-likeness (QED) is 0.395. The summed E-state index contributed by atoms with van der Waals surface area (Å²) in [5.41, 5.74) is 0. The molecule has 0 spiro atoms. The molecule has 116 valence electrons. The van der Waals surface area contributed by atoms with E-state index in [0.717, 1.165) is 30.6 Å². The van der Waals surface area contributed by atoms with Crippen LogP contribution in [0.1, 0.15) is 60.8 Å². The molecule has 0 aliphatic carbocycles. The fourth-order valence-corrected chi connectivity index (χ4v) is 6.09. The van der Waals surface area contributed by atoms with Crippen LogP contribution in [0, 0.1) is 0 Å². The van der Waals surface area contributed by atoms with Crippen molar-refractivity contribution in [2.24, 2.45) is 0 Å². The van der Waals surface area contributed by atoms with Gasteiger partial charge in [-0.25, -0.2) is 0 Å². The average Bonchev–Trinajstić information content (AvgIpc) is 2.38. The molecule has 0 rings (SSSR count). The molecule has 0 heterocycles. The van der Waals surface area contributed by atoms with Gasteiger partial charge in [-0.15, -0.1) is 0 Å². The zero-order chi connectivity index (χ0) is 14.9. The van der Waals surface area contributed by atoms with Crippen molar-refractivity contribution in [2.45, 2.75) is 85.2 Å². The van der Waals surface area contributed by atoms with Gasteiger partial charge in [-0.05, 0) is 40.0 Å². The second-order valence-electron chi connectivity index (χ2n) is 5.13. The van der Waals surface area contributed by atoms with Crippen LogP contribution in [0.2, 0.25) is 6.04 Å². The van der Waals surface area contributed by atoms with Gasteiger partial charge in [-0.2, -0.15) is 0 Å². The summed E-state index contributed by atoms with van der Waals surface area (Å²) < 4.78 is 18.7. The van der Waals surface area contributed by atoms with E-state index in [0.29, 0.717) is 0 Å². The van der Waals surface area contributed by atoms with Gasteiger partial charge in [0, 0.05) is 29.7 Å². The molecular formula is C14H31BrO3Si. The number of rotatable bonds is 11. The van der Waals surface area contributed by atoms with Crippen LogP contribution in [0.25, 0.3) is 0 Å². The number of halogens is 1. The van der Waals surface area contributed by atoms with Crippen LogP contribution in [-0.2, 0) is 13.3 Å². The van der Waals surface area contributed by atoms with Crippen molar-refractivity contribution in [3.8, 4) is 0 Å². The van der Waals surface area contributed by atoms with E-state index in [1.807, 2.05) is 0 Å². The molecular weight excluding hydrogens is 324 g/mol. The maximum atomic E-state index is 6.24. The van der Waals surface area contributed by atoms with Crippen molar-refractivity contribution in [1.29, 1.82) is 0 Å². The van der Waals surface area contributed by atoms with Gasteiger partial charge in [-0.1, -0.05) is 36.7 Å². The SMILES string of the molecule is CCC(C)O[Si](CCBr)(OC(C)CC)OC(C)CC. The second kappa shape index (κ2) is 10.3. The Kier molecular flexibility index (Phi) is 10.6. The van der Waals surface area contributed by atoms with E-state index < -0.39 is 8.80 Å². The highest BCUT2D eigenvalue weighted by Gasteiger charge is 2.44. The molecule has 0 N–H and O–H groups in total. The van der Waals surface area contributed by atoms with Crippen LogP contribution >= 0.6 is 15.9 Å². The molecule has 0 radical (unpaired) electrons. The highest BCUT2D eigenvalue weighted by Crippen LogP contribution is 2.25. The summed E-state index contributed by atoms with van der Waals surface area (Å²) in [4.78, 5) is 0. The molecule has 0 fully saturated rings. The summed E-state index contributed by atoms with van der Waals surface area (Å²) in [6.45, 7) is 12.7. The lowest BCUT2D eigenvalue weighted by molar-refractivity contribution is -0.00957. The highest BCUT2D eigenvalue weighted by molar-refractivity contribution is 9.09. The van der Waals surface area contributed by atoms with Gasteiger partial charge >= 0.3 is 8.80 Å². The van der Waals surface area contributed by atoms with Crippen LogP contribution in [0.4, 0.5) is 0 Å². The molecule has 3 nitrogen and oxygen atoms in total. The Balaban J connectivity index is 4.96. The Hall–Kier alpha value is 0.577. The first-order valence-corrected chi connectivity index (χ1v) is 10.6. The Labute approximate surface area is 128 Å². The standard InChI is InChI=1S/C14H31BrO3Si/c1-7-12(4)16-19(11-10-15,17-13(5)8-2)18-14(6)9-3/h12-14H,7-11H2,1-6H3. The first-order valence-electron chi connectivity index (χ1n) is 7.52. The fourth-order valence-electron chi connectivity index (χ4n) is 1.55. The van der Waals surface area contributed by atoms with Gasteiger partial charge in [-0.3, -0.25) is 0 Å². The van der Waals surface area contributed by atoms with Gasteiger partial charge in [0.25, 0.3) is 0 Å². The third kappa shape index (κ3) is 7.80. The summed E-state index contributed by atoms with van der Waals surface area (Å²) in [6, 6.07) is 0.825. The van der Waals surface area contributed by atoms with E-state index in [2.05, 4.69) is 57.5 Å². The minimum atomic E-state index is -2.59. The predicted molar refractivity (Wildman–Crippen MR) is 86.9 cm³/mol. The topological polar surface area (TPSA) is 27.7 Å². The molecule has 3 unspecified atom stereocenters. The molecule has 5 heteroatoms. The normalized spacial score (nSPS) is 19.7. The van der Waals surface area contributed by atoms with Gasteiger partial charge in [0.2, 0.25) is 0 Å². The lowest BCUT2D eigenvalue weighted by Crippen LogP contribution is -2.51. The van der Waals surface area contributed by atoms with E-state index in [1.54, 1.807) is 0 Å². The van der Waals surface area contributed by atoms with E-state index in [9.17, 15) is 0 Å². The Morgan fingerprint density at radius 1 is 0.789 bits per heavy atom. The molecule has 19 heavy (non-hydrogen) atoms. The fraction of sp³-hybridized carbons (Fsp3) is 1.00. The molecule has 0 aliphatic heterocycles. The van der Waals surface area contributed by atoms with Crippen molar-refractivity contribution in [1.82, 2.24) is 0 Å². The van der Waals surface area contributed by atoms with Crippen LogP contribution in [0.15, 0.2) is 0 Å². The third-order valence-corrected chi connectivity index (χ3v) is 7.54. The van der Waals surface area contributed by atoms with Crippen LogP contribution < -0.4 is 0 Å². The minimum Gasteiger partial charge on any atom is -0.371 e.